The summed E-state index contributed by atoms with van der Waals surface area (Å²) < 4.78 is 10.9. The fourth-order valence-electron chi connectivity index (χ4n) is 1.46. The van der Waals surface area contributed by atoms with Crippen molar-refractivity contribution < 1.29 is 9.47 Å². The van der Waals surface area contributed by atoms with E-state index in [-0.39, 0.29) is 5.60 Å². The number of methoxy groups -OCH3 is 1. The molecular weight excluding hydrogens is 290 g/mol. The van der Waals surface area contributed by atoms with Gasteiger partial charge in [0.05, 0.1) is 12.1 Å². The molecule has 0 spiro atoms. The highest BCUT2D eigenvalue weighted by atomic mass is 35.5. The molecule has 0 saturated heterocycles. The van der Waals surface area contributed by atoms with Crippen LogP contribution in [0.4, 0.5) is 0 Å². The van der Waals surface area contributed by atoms with E-state index in [1.165, 1.54) is 0 Å². The van der Waals surface area contributed by atoms with Gasteiger partial charge in [-0.3, -0.25) is 4.99 Å². The fourth-order valence-corrected chi connectivity index (χ4v) is 1.58. The van der Waals surface area contributed by atoms with Crippen LogP contribution in [-0.4, -0.2) is 45.4 Å². The average Bonchev–Trinajstić information content (AvgIpc) is 2.48. The lowest BCUT2D eigenvalue weighted by Crippen LogP contribution is -2.46. The summed E-state index contributed by atoms with van der Waals surface area (Å²) in [6, 6.07) is 7.29. The van der Waals surface area contributed by atoms with Crippen molar-refractivity contribution in [2.24, 2.45) is 4.99 Å². The van der Waals surface area contributed by atoms with E-state index in [9.17, 15) is 0 Å². The SMILES string of the molecule is CN=C(NCCOc1ccc(Cl)cc1)NCC(C)(C)OC. The maximum Gasteiger partial charge on any atom is 0.191 e. The zero-order valence-electron chi connectivity index (χ0n) is 13.1. The largest absolute Gasteiger partial charge is 0.492 e. The minimum Gasteiger partial charge on any atom is -0.492 e. The molecule has 0 amide bonds. The smallest absolute Gasteiger partial charge is 0.191 e. The highest BCUT2D eigenvalue weighted by Gasteiger charge is 2.16. The van der Waals surface area contributed by atoms with Crippen LogP contribution in [0.3, 0.4) is 0 Å². The van der Waals surface area contributed by atoms with E-state index in [0.29, 0.717) is 24.7 Å². The van der Waals surface area contributed by atoms with Crippen LogP contribution in [0.15, 0.2) is 29.3 Å². The summed E-state index contributed by atoms with van der Waals surface area (Å²) in [5.74, 6) is 1.52. The molecule has 1 rings (SSSR count). The average molecular weight is 314 g/mol. The van der Waals surface area contributed by atoms with Gasteiger partial charge in [-0.25, -0.2) is 0 Å². The second kappa shape index (κ2) is 8.74. The third-order valence-corrected chi connectivity index (χ3v) is 3.19. The summed E-state index contributed by atoms with van der Waals surface area (Å²) in [6.07, 6.45) is 0. The van der Waals surface area contributed by atoms with Crippen LogP contribution in [0.2, 0.25) is 5.02 Å². The monoisotopic (exact) mass is 313 g/mol. The first-order valence-electron chi connectivity index (χ1n) is 6.85. The van der Waals surface area contributed by atoms with Crippen molar-refractivity contribution >= 4 is 17.6 Å². The maximum atomic E-state index is 5.81. The Morgan fingerprint density at radius 1 is 1.24 bits per heavy atom. The van der Waals surface area contributed by atoms with E-state index in [1.54, 1.807) is 26.3 Å². The van der Waals surface area contributed by atoms with Crippen LogP contribution in [0.1, 0.15) is 13.8 Å². The van der Waals surface area contributed by atoms with Gasteiger partial charge in [-0.15, -0.1) is 0 Å². The van der Waals surface area contributed by atoms with Gasteiger partial charge in [0.25, 0.3) is 0 Å². The molecule has 0 aliphatic carbocycles. The number of hydrogen-bond donors (Lipinski definition) is 2. The van der Waals surface area contributed by atoms with Crippen molar-refractivity contribution in [3.8, 4) is 5.75 Å². The number of rotatable bonds is 7. The summed E-state index contributed by atoms with van der Waals surface area (Å²) in [5.41, 5.74) is -0.239. The molecule has 0 fully saturated rings. The van der Waals surface area contributed by atoms with E-state index < -0.39 is 0 Å². The van der Waals surface area contributed by atoms with Gasteiger partial charge < -0.3 is 20.1 Å². The molecule has 0 heterocycles. The number of aliphatic imine (C=N–C) groups is 1. The van der Waals surface area contributed by atoms with Crippen LogP contribution in [0.5, 0.6) is 5.75 Å². The van der Waals surface area contributed by atoms with Gasteiger partial charge in [-0.2, -0.15) is 0 Å². The fraction of sp³-hybridized carbons (Fsp3) is 0.533. The Morgan fingerprint density at radius 3 is 2.48 bits per heavy atom. The molecule has 2 N–H and O–H groups in total. The van der Waals surface area contributed by atoms with Gasteiger partial charge in [0.1, 0.15) is 12.4 Å². The van der Waals surface area contributed by atoms with Crippen molar-refractivity contribution in [1.29, 1.82) is 0 Å². The summed E-state index contributed by atoms with van der Waals surface area (Å²) >= 11 is 5.81. The molecule has 1 aromatic carbocycles. The molecule has 0 saturated carbocycles. The van der Waals surface area contributed by atoms with Crippen molar-refractivity contribution in [3.63, 3.8) is 0 Å². The third-order valence-electron chi connectivity index (χ3n) is 2.93. The minimum absolute atomic E-state index is 0.239. The molecule has 118 valence electrons. The van der Waals surface area contributed by atoms with E-state index in [4.69, 9.17) is 21.1 Å². The highest BCUT2D eigenvalue weighted by molar-refractivity contribution is 6.30. The third kappa shape index (κ3) is 7.20. The van der Waals surface area contributed by atoms with Crippen LogP contribution in [0.25, 0.3) is 0 Å². The van der Waals surface area contributed by atoms with Crippen LogP contribution in [-0.2, 0) is 4.74 Å². The zero-order chi connectivity index (χ0) is 15.7. The topological polar surface area (TPSA) is 54.9 Å². The highest BCUT2D eigenvalue weighted by Crippen LogP contribution is 2.15. The minimum atomic E-state index is -0.239. The summed E-state index contributed by atoms with van der Waals surface area (Å²) in [6.45, 7) is 5.88. The van der Waals surface area contributed by atoms with Gasteiger partial charge in [0, 0.05) is 25.7 Å². The zero-order valence-corrected chi connectivity index (χ0v) is 13.8. The molecule has 0 aliphatic heterocycles. The van der Waals surface area contributed by atoms with E-state index in [2.05, 4.69) is 15.6 Å². The van der Waals surface area contributed by atoms with Gasteiger partial charge in [0.15, 0.2) is 5.96 Å². The van der Waals surface area contributed by atoms with Crippen molar-refractivity contribution in [2.45, 2.75) is 19.4 Å². The molecule has 5 nitrogen and oxygen atoms in total. The molecule has 0 bridgehead atoms. The Kier molecular flexibility index (Phi) is 7.32. The summed E-state index contributed by atoms with van der Waals surface area (Å²) in [4.78, 5) is 4.15. The number of hydrogen-bond acceptors (Lipinski definition) is 3. The number of ether oxygens (including phenoxy) is 2. The second-order valence-electron chi connectivity index (χ2n) is 5.12. The lowest BCUT2D eigenvalue weighted by Gasteiger charge is -2.24. The van der Waals surface area contributed by atoms with Crippen molar-refractivity contribution in [3.05, 3.63) is 29.3 Å². The van der Waals surface area contributed by atoms with E-state index >= 15 is 0 Å². The van der Waals surface area contributed by atoms with Gasteiger partial charge in [0.2, 0.25) is 0 Å². The standard InChI is InChI=1S/C15H24ClN3O2/c1-15(2,20-4)11-19-14(17-3)18-9-10-21-13-7-5-12(16)6-8-13/h5-8H,9-11H2,1-4H3,(H2,17,18,19). The van der Waals surface area contributed by atoms with Gasteiger partial charge in [-0.1, -0.05) is 11.6 Å². The lowest BCUT2D eigenvalue weighted by atomic mass is 10.1. The lowest BCUT2D eigenvalue weighted by molar-refractivity contribution is 0.0268. The predicted octanol–water partition coefficient (Wildman–Crippen LogP) is 2.31. The molecule has 0 unspecified atom stereocenters. The van der Waals surface area contributed by atoms with Crippen LogP contribution < -0.4 is 15.4 Å². The number of nitrogens with zero attached hydrogens (tertiary/aromatic N) is 1. The van der Waals surface area contributed by atoms with E-state index in [1.807, 2.05) is 26.0 Å². The number of guanidine groups is 1. The number of nitrogens with one attached hydrogen (secondary N) is 2. The number of benzene rings is 1. The summed E-state index contributed by atoms with van der Waals surface area (Å²) in [5, 5.41) is 7.09. The molecule has 0 aromatic heterocycles. The Hall–Kier alpha value is -1.46. The van der Waals surface area contributed by atoms with Crippen molar-refractivity contribution in [1.82, 2.24) is 10.6 Å². The first-order valence-corrected chi connectivity index (χ1v) is 7.22. The Balaban J connectivity index is 2.25. The normalized spacial score (nSPS) is 12.1. The van der Waals surface area contributed by atoms with Crippen LogP contribution in [0, 0.1) is 0 Å². The van der Waals surface area contributed by atoms with Crippen LogP contribution >= 0.6 is 11.6 Å². The molecular formula is C15H24ClN3O2. The van der Waals surface area contributed by atoms with Gasteiger partial charge >= 0.3 is 0 Å². The number of halogens is 1. The van der Waals surface area contributed by atoms with Crippen molar-refractivity contribution in [2.75, 3.05) is 33.9 Å². The predicted molar refractivity (Wildman–Crippen MR) is 87.4 cm³/mol. The van der Waals surface area contributed by atoms with Gasteiger partial charge in [-0.05, 0) is 38.1 Å². The van der Waals surface area contributed by atoms with E-state index in [0.717, 1.165) is 11.7 Å². The Labute approximate surface area is 131 Å². The molecule has 21 heavy (non-hydrogen) atoms. The molecule has 0 atom stereocenters. The molecule has 0 aliphatic rings. The molecule has 6 heteroatoms. The Morgan fingerprint density at radius 2 is 1.90 bits per heavy atom. The first kappa shape index (κ1) is 17.6. The second-order valence-corrected chi connectivity index (χ2v) is 5.56. The molecule has 0 radical (unpaired) electrons. The Bertz CT molecular complexity index is 447. The first-order chi connectivity index (χ1) is 9.96. The maximum absolute atomic E-state index is 5.81. The molecule has 1 aromatic rings. The quantitative estimate of drug-likeness (QED) is 0.461. The summed E-state index contributed by atoms with van der Waals surface area (Å²) in [7, 11) is 3.42.